The van der Waals surface area contributed by atoms with Crippen LogP contribution >= 0.6 is 22.6 Å². The van der Waals surface area contributed by atoms with Crippen LogP contribution in [0.1, 0.15) is 0 Å². The summed E-state index contributed by atoms with van der Waals surface area (Å²) in [6.45, 7) is 0. The number of fused-ring (bicyclic) bond motifs is 1. The van der Waals surface area contributed by atoms with Crippen LogP contribution in [-0.4, -0.2) is 4.98 Å². The molecule has 3 N–H and O–H groups in total. The summed E-state index contributed by atoms with van der Waals surface area (Å²) in [7, 11) is 0. The first-order chi connectivity index (χ1) is 6.31. The Morgan fingerprint density at radius 2 is 2.15 bits per heavy atom. The summed E-state index contributed by atoms with van der Waals surface area (Å²) in [6, 6.07) is 8.11. The Morgan fingerprint density at radius 3 is 2.92 bits per heavy atom. The van der Waals surface area contributed by atoms with Gasteiger partial charge in [0.25, 0.3) is 0 Å². The number of pyridine rings is 1. The first kappa shape index (κ1) is 8.71. The Morgan fingerprint density at radius 1 is 1.31 bits per heavy atom. The highest BCUT2D eigenvalue weighted by molar-refractivity contribution is 14.1. The third-order valence-electron chi connectivity index (χ3n) is 1.86. The topological polar surface area (TPSA) is 50.9 Å². The molecule has 2 aromatic rings. The van der Waals surface area contributed by atoms with Crippen molar-refractivity contribution in [1.82, 2.24) is 4.98 Å². The lowest BCUT2D eigenvalue weighted by Crippen LogP contribution is -2.08. The molecule has 0 aliphatic rings. The number of nitrogens with one attached hydrogen (secondary N) is 1. The number of anilines is 1. The van der Waals surface area contributed by atoms with Crippen LogP contribution in [0.2, 0.25) is 0 Å². The van der Waals surface area contributed by atoms with Gasteiger partial charge in [-0.3, -0.25) is 0 Å². The maximum absolute atomic E-state index is 5.34. The third kappa shape index (κ3) is 1.59. The van der Waals surface area contributed by atoms with Gasteiger partial charge in [-0.2, -0.15) is 0 Å². The normalized spacial score (nSPS) is 10.3. The van der Waals surface area contributed by atoms with E-state index in [9.17, 15) is 0 Å². The van der Waals surface area contributed by atoms with Crippen molar-refractivity contribution in [2.75, 3.05) is 5.43 Å². The fourth-order valence-corrected chi connectivity index (χ4v) is 1.78. The van der Waals surface area contributed by atoms with E-state index in [0.717, 1.165) is 10.8 Å². The van der Waals surface area contributed by atoms with E-state index in [-0.39, 0.29) is 0 Å². The van der Waals surface area contributed by atoms with Gasteiger partial charge < -0.3 is 5.43 Å². The van der Waals surface area contributed by atoms with Crippen molar-refractivity contribution in [2.24, 2.45) is 5.84 Å². The van der Waals surface area contributed by atoms with Gasteiger partial charge in [0.1, 0.15) is 5.82 Å². The van der Waals surface area contributed by atoms with Gasteiger partial charge in [0.2, 0.25) is 0 Å². The second kappa shape index (κ2) is 3.47. The molecule has 0 saturated heterocycles. The average molecular weight is 285 g/mol. The van der Waals surface area contributed by atoms with E-state index >= 15 is 0 Å². The summed E-state index contributed by atoms with van der Waals surface area (Å²) in [5.41, 5.74) is 2.58. The molecule has 0 aliphatic heterocycles. The molecule has 2 rings (SSSR count). The number of benzene rings is 1. The molecule has 0 fully saturated rings. The second-order valence-electron chi connectivity index (χ2n) is 2.67. The van der Waals surface area contributed by atoms with Crippen LogP contribution in [0.4, 0.5) is 5.82 Å². The highest BCUT2D eigenvalue weighted by Gasteiger charge is 1.99. The van der Waals surface area contributed by atoms with Crippen molar-refractivity contribution < 1.29 is 0 Å². The van der Waals surface area contributed by atoms with Crippen molar-refractivity contribution in [3.05, 3.63) is 34.0 Å². The molecule has 1 aromatic heterocycles. The van der Waals surface area contributed by atoms with Gasteiger partial charge in [-0.25, -0.2) is 10.8 Å². The van der Waals surface area contributed by atoms with Crippen LogP contribution in [0.15, 0.2) is 30.5 Å². The number of hydrogen-bond donors (Lipinski definition) is 2. The zero-order chi connectivity index (χ0) is 9.26. The van der Waals surface area contributed by atoms with Crippen LogP contribution in [-0.2, 0) is 0 Å². The minimum absolute atomic E-state index is 0.717. The van der Waals surface area contributed by atoms with Crippen LogP contribution in [0, 0.1) is 3.57 Å². The number of nitrogens with two attached hydrogens (primary N) is 1. The summed E-state index contributed by atoms with van der Waals surface area (Å²) in [4.78, 5) is 4.12. The average Bonchev–Trinajstić information content (AvgIpc) is 2.16. The maximum Gasteiger partial charge on any atom is 0.147 e. The van der Waals surface area contributed by atoms with Crippen molar-refractivity contribution >= 4 is 39.2 Å². The molecule has 0 atom stereocenters. The number of nitrogens with zero attached hydrogens (tertiary/aromatic N) is 1. The number of hydrazine groups is 1. The van der Waals surface area contributed by atoms with Crippen molar-refractivity contribution in [2.45, 2.75) is 0 Å². The second-order valence-corrected chi connectivity index (χ2v) is 3.91. The van der Waals surface area contributed by atoms with Gasteiger partial charge in [-0.15, -0.1) is 0 Å². The zero-order valence-electron chi connectivity index (χ0n) is 6.79. The number of halogens is 1. The molecule has 13 heavy (non-hydrogen) atoms. The Kier molecular flexibility index (Phi) is 2.32. The van der Waals surface area contributed by atoms with Crippen molar-refractivity contribution in [3.8, 4) is 0 Å². The summed E-state index contributed by atoms with van der Waals surface area (Å²) < 4.78 is 1.21. The van der Waals surface area contributed by atoms with Gasteiger partial charge in [-0.05, 0) is 52.2 Å². The first-order valence-corrected chi connectivity index (χ1v) is 4.90. The first-order valence-electron chi connectivity index (χ1n) is 3.82. The third-order valence-corrected chi connectivity index (χ3v) is 2.53. The number of rotatable bonds is 1. The van der Waals surface area contributed by atoms with E-state index in [1.165, 1.54) is 3.57 Å². The number of aromatic nitrogens is 1. The van der Waals surface area contributed by atoms with E-state index in [1.54, 1.807) is 6.20 Å². The number of nitrogen functional groups attached to an aromatic ring is 1. The molecule has 0 unspecified atom stereocenters. The Hall–Kier alpha value is -0.880. The van der Waals surface area contributed by atoms with Crippen LogP contribution in [0.5, 0.6) is 0 Å². The van der Waals surface area contributed by atoms with Gasteiger partial charge in [-0.1, -0.05) is 0 Å². The molecule has 0 amide bonds. The van der Waals surface area contributed by atoms with Crippen LogP contribution in [0.3, 0.4) is 0 Å². The van der Waals surface area contributed by atoms with E-state index in [0.29, 0.717) is 5.82 Å². The summed E-state index contributed by atoms with van der Waals surface area (Å²) >= 11 is 2.28. The molecule has 1 heterocycles. The highest BCUT2D eigenvalue weighted by Crippen LogP contribution is 2.21. The zero-order valence-corrected chi connectivity index (χ0v) is 8.95. The molecule has 0 bridgehead atoms. The molecular weight excluding hydrogens is 277 g/mol. The summed E-state index contributed by atoms with van der Waals surface area (Å²) in [5.74, 6) is 6.06. The standard InChI is InChI=1S/C9H8IN3/c10-7-1-2-8-6(5-7)3-4-12-9(8)13-11/h1-5H,11H2,(H,12,13). The SMILES string of the molecule is NNc1nccc2cc(I)ccc12. The summed E-state index contributed by atoms with van der Waals surface area (Å²) in [5, 5.41) is 2.19. The molecule has 4 heteroatoms. The number of hydrogen-bond acceptors (Lipinski definition) is 3. The lowest BCUT2D eigenvalue weighted by atomic mass is 10.2. The largest absolute Gasteiger partial charge is 0.308 e. The summed E-state index contributed by atoms with van der Waals surface area (Å²) in [6.07, 6.45) is 1.74. The Bertz CT molecular complexity index is 442. The smallest absolute Gasteiger partial charge is 0.147 e. The molecule has 3 nitrogen and oxygen atoms in total. The monoisotopic (exact) mass is 285 g/mol. The van der Waals surface area contributed by atoms with E-state index in [1.807, 2.05) is 18.2 Å². The fourth-order valence-electron chi connectivity index (χ4n) is 1.26. The van der Waals surface area contributed by atoms with Crippen molar-refractivity contribution in [3.63, 3.8) is 0 Å². The predicted octanol–water partition coefficient (Wildman–Crippen LogP) is 2.12. The molecule has 0 spiro atoms. The lowest BCUT2D eigenvalue weighted by molar-refractivity contribution is 1.25. The van der Waals surface area contributed by atoms with E-state index in [4.69, 9.17) is 5.84 Å². The predicted molar refractivity (Wildman–Crippen MR) is 62.3 cm³/mol. The quantitative estimate of drug-likeness (QED) is 0.479. The maximum atomic E-state index is 5.34. The van der Waals surface area contributed by atoms with Gasteiger partial charge >= 0.3 is 0 Å². The van der Waals surface area contributed by atoms with Crippen molar-refractivity contribution in [1.29, 1.82) is 0 Å². The molecule has 66 valence electrons. The van der Waals surface area contributed by atoms with Crippen LogP contribution in [0.25, 0.3) is 10.8 Å². The van der Waals surface area contributed by atoms with E-state index in [2.05, 4.69) is 39.1 Å². The Balaban J connectivity index is 2.77. The van der Waals surface area contributed by atoms with Crippen LogP contribution < -0.4 is 11.3 Å². The lowest BCUT2D eigenvalue weighted by Gasteiger charge is -2.03. The molecule has 0 aliphatic carbocycles. The van der Waals surface area contributed by atoms with E-state index < -0.39 is 0 Å². The van der Waals surface area contributed by atoms with Gasteiger partial charge in [0.15, 0.2) is 0 Å². The molecule has 1 aromatic carbocycles. The highest BCUT2D eigenvalue weighted by atomic mass is 127. The molecular formula is C9H8IN3. The fraction of sp³-hybridized carbons (Fsp3) is 0. The molecule has 0 radical (unpaired) electrons. The Labute approximate surface area is 89.5 Å². The van der Waals surface area contributed by atoms with Gasteiger partial charge in [0, 0.05) is 15.2 Å². The minimum atomic E-state index is 0.717. The molecule has 0 saturated carbocycles. The van der Waals surface area contributed by atoms with Gasteiger partial charge in [0.05, 0.1) is 0 Å². The minimum Gasteiger partial charge on any atom is -0.308 e.